The summed E-state index contributed by atoms with van der Waals surface area (Å²) in [6.07, 6.45) is 2.19. The zero-order chi connectivity index (χ0) is 15.9. The predicted molar refractivity (Wildman–Crippen MR) is 101 cm³/mol. The maximum atomic E-state index is 12.5. The van der Waals surface area contributed by atoms with Crippen LogP contribution < -0.4 is 10.0 Å². The van der Waals surface area contributed by atoms with Crippen molar-refractivity contribution in [1.29, 1.82) is 0 Å². The number of benzene rings is 2. The van der Waals surface area contributed by atoms with Gasteiger partial charge in [-0.05, 0) is 57.4 Å². The van der Waals surface area contributed by atoms with E-state index >= 15 is 0 Å². The zero-order valence-corrected chi connectivity index (χ0v) is 15.5. The van der Waals surface area contributed by atoms with Gasteiger partial charge in [0.05, 0.1) is 6.61 Å². The Morgan fingerprint density at radius 3 is 2.22 bits per heavy atom. The molecule has 1 atom stereocenters. The molecule has 0 saturated heterocycles. The van der Waals surface area contributed by atoms with Crippen LogP contribution in [0.15, 0.2) is 42.5 Å². The topological polar surface area (TPSA) is 26.3 Å². The van der Waals surface area contributed by atoms with Crippen LogP contribution in [-0.4, -0.2) is 31.0 Å². The van der Waals surface area contributed by atoms with E-state index < -0.39 is 0 Å². The summed E-state index contributed by atoms with van der Waals surface area (Å²) < 4.78 is 5.65. The maximum Gasteiger partial charge on any atom is 0.186 e. The monoisotopic (exact) mass is 321 g/mol. The molecule has 2 aromatic carbocycles. The minimum atomic E-state index is 0. The fourth-order valence-corrected chi connectivity index (χ4v) is 3.45. The van der Waals surface area contributed by atoms with E-state index in [-0.39, 0.29) is 33.0 Å². The number of carbonyl (C=O) groups excluding carboxylic acids is 1. The smallest absolute Gasteiger partial charge is 0.186 e. The van der Waals surface area contributed by atoms with Crippen molar-refractivity contribution < 1.29 is 9.53 Å². The Kier molecular flexibility index (Phi) is 8.64. The largest absolute Gasteiger partial charge is 0.494 e. The van der Waals surface area contributed by atoms with Crippen LogP contribution in [0.25, 0.3) is 0 Å². The van der Waals surface area contributed by atoms with Crippen LogP contribution in [0.5, 0.6) is 5.75 Å². The van der Waals surface area contributed by atoms with Gasteiger partial charge in [0, 0.05) is 24.4 Å². The Hall–Kier alpha value is -1.06. The Balaban J connectivity index is 0.00000264. The van der Waals surface area contributed by atoms with Gasteiger partial charge < -0.3 is 4.74 Å². The molecular formula is C19H23LiO2P. The number of carbonyl (C=O) groups is 1. The first-order valence-electron chi connectivity index (χ1n) is 7.72. The van der Waals surface area contributed by atoms with Gasteiger partial charge in [0.1, 0.15) is 5.75 Å². The molecule has 0 fully saturated rings. The van der Waals surface area contributed by atoms with Crippen molar-refractivity contribution in [3.05, 3.63) is 59.2 Å². The zero-order valence-electron chi connectivity index (χ0n) is 14.5. The van der Waals surface area contributed by atoms with E-state index in [0.29, 0.717) is 0 Å². The van der Waals surface area contributed by atoms with Crippen molar-refractivity contribution in [2.24, 2.45) is 0 Å². The second-order valence-corrected chi connectivity index (χ2v) is 6.73. The van der Waals surface area contributed by atoms with Crippen molar-refractivity contribution in [1.82, 2.24) is 0 Å². The fraction of sp³-hybridized carbons (Fsp3) is 0.316. The Labute approximate surface area is 153 Å². The minimum absolute atomic E-state index is 0. The molecule has 23 heavy (non-hydrogen) atoms. The van der Waals surface area contributed by atoms with Crippen molar-refractivity contribution in [3.8, 4) is 5.75 Å². The first-order valence-corrected chi connectivity index (χ1v) is 8.72. The van der Waals surface area contributed by atoms with Gasteiger partial charge in [0.25, 0.3) is 0 Å². The molecule has 0 aromatic heterocycles. The maximum absolute atomic E-state index is 12.5. The molecule has 0 saturated carbocycles. The van der Waals surface area contributed by atoms with Gasteiger partial charge in [0.2, 0.25) is 0 Å². The standard InChI is InChI=1S/C19H23O2P.Li/c1-4-5-13-21-16-9-11-17(12-10-16)22-19(20)18-14(2)7-6-8-15(18)3;/h6-12,22H,4-5,13H2,1-3H3;. The average molecular weight is 321 g/mol. The summed E-state index contributed by atoms with van der Waals surface area (Å²) in [5.41, 5.74) is 3.17. The third kappa shape index (κ3) is 5.81. The van der Waals surface area contributed by atoms with Crippen molar-refractivity contribution in [3.63, 3.8) is 0 Å². The van der Waals surface area contributed by atoms with Gasteiger partial charge >= 0.3 is 0 Å². The van der Waals surface area contributed by atoms with Crippen molar-refractivity contribution in [2.75, 3.05) is 6.61 Å². The van der Waals surface area contributed by atoms with Crippen molar-refractivity contribution >= 4 is 38.3 Å². The number of ether oxygens (including phenoxy) is 1. The summed E-state index contributed by atoms with van der Waals surface area (Å²) in [4.78, 5) is 12.5. The summed E-state index contributed by atoms with van der Waals surface area (Å²) >= 11 is 0. The van der Waals surface area contributed by atoms with E-state index in [1.165, 1.54) is 0 Å². The first kappa shape index (κ1) is 20.0. The SMILES string of the molecule is CCCCOc1ccc(PC(=O)c2c(C)cccc2C)cc1.[Li]. The molecule has 0 aliphatic rings. The molecule has 4 heteroatoms. The molecule has 2 aromatic rings. The van der Waals surface area contributed by atoms with Crippen LogP contribution in [0.3, 0.4) is 0 Å². The predicted octanol–water partition coefficient (Wildman–Crippen LogP) is 4.25. The Morgan fingerprint density at radius 1 is 1.04 bits per heavy atom. The van der Waals surface area contributed by atoms with Gasteiger partial charge in [-0.1, -0.05) is 43.7 Å². The van der Waals surface area contributed by atoms with E-state index in [1.807, 2.05) is 56.3 Å². The summed E-state index contributed by atoms with van der Waals surface area (Å²) in [5.74, 6) is 0.876. The van der Waals surface area contributed by atoms with E-state index in [4.69, 9.17) is 4.74 Å². The van der Waals surface area contributed by atoms with E-state index in [1.54, 1.807) is 0 Å². The molecule has 0 N–H and O–H groups in total. The van der Waals surface area contributed by atoms with Crippen LogP contribution in [-0.2, 0) is 0 Å². The normalized spacial score (nSPS) is 10.6. The van der Waals surface area contributed by atoms with Crippen LogP contribution in [0, 0.1) is 13.8 Å². The summed E-state index contributed by atoms with van der Waals surface area (Å²) in [6.45, 7) is 6.89. The van der Waals surface area contributed by atoms with Gasteiger partial charge in [-0.25, -0.2) is 0 Å². The van der Waals surface area contributed by atoms with Gasteiger partial charge in [0.15, 0.2) is 5.52 Å². The first-order chi connectivity index (χ1) is 10.6. The molecule has 0 aliphatic carbocycles. The van der Waals surface area contributed by atoms with Crippen LogP contribution >= 0.6 is 8.58 Å². The summed E-state index contributed by atoms with van der Waals surface area (Å²) in [6, 6.07) is 13.9. The molecule has 117 valence electrons. The number of unbranched alkanes of at least 4 members (excludes halogenated alkanes) is 1. The van der Waals surface area contributed by atoms with E-state index in [2.05, 4.69) is 6.92 Å². The van der Waals surface area contributed by atoms with Gasteiger partial charge in [-0.15, -0.1) is 0 Å². The molecule has 1 radical (unpaired) electrons. The van der Waals surface area contributed by atoms with Gasteiger partial charge in [-0.2, -0.15) is 0 Å². The minimum Gasteiger partial charge on any atom is -0.494 e. The molecule has 1 unspecified atom stereocenters. The van der Waals surface area contributed by atoms with Crippen LogP contribution in [0.1, 0.15) is 41.3 Å². The van der Waals surface area contributed by atoms with E-state index in [0.717, 1.165) is 47.2 Å². The average Bonchev–Trinajstić information content (AvgIpc) is 2.49. The molecule has 0 heterocycles. The fourth-order valence-electron chi connectivity index (χ4n) is 2.34. The third-order valence-electron chi connectivity index (χ3n) is 3.59. The number of hydrogen-bond donors (Lipinski definition) is 0. The summed E-state index contributed by atoms with van der Waals surface area (Å²) in [7, 11) is 0.153. The Morgan fingerprint density at radius 2 is 1.65 bits per heavy atom. The molecule has 2 rings (SSSR count). The Bertz CT molecular complexity index is 618. The third-order valence-corrected chi connectivity index (χ3v) is 4.69. The number of rotatable bonds is 7. The van der Waals surface area contributed by atoms with E-state index in [9.17, 15) is 4.79 Å². The molecule has 0 amide bonds. The second-order valence-electron chi connectivity index (χ2n) is 5.45. The van der Waals surface area contributed by atoms with Crippen molar-refractivity contribution in [2.45, 2.75) is 33.6 Å². The molecule has 0 spiro atoms. The molecule has 2 nitrogen and oxygen atoms in total. The molecule has 0 aliphatic heterocycles. The number of hydrogen-bond acceptors (Lipinski definition) is 2. The molecule has 0 bridgehead atoms. The quantitative estimate of drug-likeness (QED) is 0.433. The second kappa shape index (κ2) is 9.94. The molecular weight excluding hydrogens is 298 g/mol. The number of aryl methyl sites for hydroxylation is 2. The summed E-state index contributed by atoms with van der Waals surface area (Å²) in [5, 5.41) is 1.05. The van der Waals surface area contributed by atoms with Crippen LogP contribution in [0.2, 0.25) is 0 Å². The van der Waals surface area contributed by atoms with Gasteiger partial charge in [-0.3, -0.25) is 4.79 Å². The van der Waals surface area contributed by atoms with Crippen LogP contribution in [0.4, 0.5) is 0 Å².